The molecule has 0 aliphatic carbocycles. The third kappa shape index (κ3) is 3.28. The molecule has 3 aromatic rings. The first-order chi connectivity index (χ1) is 13.0. The molecule has 7 heteroatoms. The molecule has 0 radical (unpaired) electrons. The average molecular weight is 383 g/mol. The number of benzene rings is 1. The SMILES string of the molecule is Cc1ccc(Cl)c(N(Cc2ncc[nH]2)C(=O)C2CCC(=O)c3cccn32)c1. The van der Waals surface area contributed by atoms with Gasteiger partial charge in [-0.15, -0.1) is 0 Å². The summed E-state index contributed by atoms with van der Waals surface area (Å²) in [4.78, 5) is 34.6. The molecular formula is C20H19ClN4O2. The number of rotatable bonds is 4. The Kier molecular flexibility index (Phi) is 4.58. The molecule has 0 fully saturated rings. The van der Waals surface area contributed by atoms with Crippen molar-refractivity contribution in [3.8, 4) is 0 Å². The average Bonchev–Trinajstić information content (AvgIpc) is 3.34. The number of hydrogen-bond acceptors (Lipinski definition) is 3. The van der Waals surface area contributed by atoms with E-state index in [0.717, 1.165) is 5.56 Å². The third-order valence-corrected chi connectivity index (χ3v) is 5.17. The van der Waals surface area contributed by atoms with E-state index in [1.807, 2.05) is 19.1 Å². The Morgan fingerprint density at radius 3 is 3.04 bits per heavy atom. The highest BCUT2D eigenvalue weighted by molar-refractivity contribution is 6.33. The number of H-pyrrole nitrogens is 1. The Labute approximate surface area is 161 Å². The quantitative estimate of drug-likeness (QED) is 0.743. The highest BCUT2D eigenvalue weighted by atomic mass is 35.5. The predicted octanol–water partition coefficient (Wildman–Crippen LogP) is 3.92. The fraction of sp³-hybridized carbons (Fsp3) is 0.250. The molecule has 0 saturated carbocycles. The molecule has 1 atom stereocenters. The van der Waals surface area contributed by atoms with Crippen molar-refractivity contribution in [1.29, 1.82) is 0 Å². The molecule has 0 spiro atoms. The molecule has 2 aromatic heterocycles. The number of nitrogens with zero attached hydrogens (tertiary/aromatic N) is 3. The van der Waals surface area contributed by atoms with Gasteiger partial charge in [-0.25, -0.2) is 4.98 Å². The summed E-state index contributed by atoms with van der Waals surface area (Å²) in [6.45, 7) is 2.23. The number of aryl methyl sites for hydroxylation is 1. The lowest BCUT2D eigenvalue weighted by atomic mass is 10.00. The number of imidazole rings is 1. The number of ketones is 1. The molecule has 1 N–H and O–H groups in total. The van der Waals surface area contributed by atoms with Crippen LogP contribution in [0.2, 0.25) is 5.02 Å². The van der Waals surface area contributed by atoms with E-state index in [0.29, 0.717) is 35.1 Å². The van der Waals surface area contributed by atoms with Gasteiger partial charge in [0.15, 0.2) is 5.78 Å². The summed E-state index contributed by atoms with van der Waals surface area (Å²) in [5, 5.41) is 0.500. The van der Waals surface area contributed by atoms with E-state index in [4.69, 9.17) is 11.6 Å². The van der Waals surface area contributed by atoms with Gasteiger partial charge in [-0.3, -0.25) is 9.59 Å². The van der Waals surface area contributed by atoms with Crippen LogP contribution in [0.1, 0.15) is 40.8 Å². The Morgan fingerprint density at radius 2 is 2.26 bits per heavy atom. The molecule has 3 heterocycles. The molecule has 0 bridgehead atoms. The van der Waals surface area contributed by atoms with Gasteiger partial charge in [0.2, 0.25) is 0 Å². The minimum Gasteiger partial charge on any atom is -0.347 e. The second-order valence-corrected chi connectivity index (χ2v) is 7.10. The van der Waals surface area contributed by atoms with E-state index >= 15 is 0 Å². The lowest BCUT2D eigenvalue weighted by Gasteiger charge is -2.31. The van der Waals surface area contributed by atoms with Gasteiger partial charge in [-0.2, -0.15) is 0 Å². The maximum atomic E-state index is 13.5. The first-order valence-corrected chi connectivity index (χ1v) is 9.18. The van der Waals surface area contributed by atoms with E-state index in [-0.39, 0.29) is 18.2 Å². The molecule has 6 nitrogen and oxygen atoms in total. The van der Waals surface area contributed by atoms with Crippen LogP contribution in [0, 0.1) is 6.92 Å². The second kappa shape index (κ2) is 7.04. The minimum absolute atomic E-state index is 0.0650. The van der Waals surface area contributed by atoms with Crippen LogP contribution in [0.25, 0.3) is 0 Å². The molecule has 1 aliphatic rings. The fourth-order valence-corrected chi connectivity index (χ4v) is 3.72. The normalized spacial score (nSPS) is 16.2. The number of amides is 1. The summed E-state index contributed by atoms with van der Waals surface area (Å²) in [5.74, 6) is 0.625. The standard InChI is InChI=1S/C20H19ClN4O2/c1-13-4-5-14(21)17(11-13)25(12-19-22-8-9-23-19)20(27)16-6-7-18(26)15-3-2-10-24(15)16/h2-5,8-11,16H,6-7,12H2,1H3,(H,22,23). The lowest BCUT2D eigenvalue weighted by molar-refractivity contribution is -0.122. The number of hydrogen-bond donors (Lipinski definition) is 1. The van der Waals surface area contributed by atoms with Crippen molar-refractivity contribution < 1.29 is 9.59 Å². The monoisotopic (exact) mass is 382 g/mol. The van der Waals surface area contributed by atoms with Gasteiger partial charge in [-0.05, 0) is 43.2 Å². The molecular weight excluding hydrogens is 364 g/mol. The van der Waals surface area contributed by atoms with Gasteiger partial charge in [0.1, 0.15) is 11.9 Å². The molecule has 138 valence electrons. The van der Waals surface area contributed by atoms with E-state index in [2.05, 4.69) is 9.97 Å². The van der Waals surface area contributed by atoms with Crippen LogP contribution in [-0.2, 0) is 11.3 Å². The maximum absolute atomic E-state index is 13.5. The van der Waals surface area contributed by atoms with Crippen LogP contribution in [0.15, 0.2) is 48.9 Å². The number of carbonyl (C=O) groups is 2. The number of anilines is 1. The first-order valence-electron chi connectivity index (χ1n) is 8.80. The van der Waals surface area contributed by atoms with E-state index < -0.39 is 6.04 Å². The number of nitrogens with one attached hydrogen (secondary N) is 1. The Balaban J connectivity index is 1.75. The van der Waals surface area contributed by atoms with E-state index in [9.17, 15) is 9.59 Å². The molecule has 1 unspecified atom stereocenters. The van der Waals surface area contributed by atoms with Gasteiger partial charge in [0.25, 0.3) is 5.91 Å². The summed E-state index contributed by atoms with van der Waals surface area (Å²) >= 11 is 6.43. The van der Waals surface area contributed by atoms with Crippen molar-refractivity contribution in [1.82, 2.24) is 14.5 Å². The van der Waals surface area contributed by atoms with Crippen molar-refractivity contribution in [2.75, 3.05) is 4.90 Å². The number of carbonyl (C=O) groups excluding carboxylic acids is 2. The van der Waals surface area contributed by atoms with Crippen LogP contribution in [0.4, 0.5) is 5.69 Å². The second-order valence-electron chi connectivity index (χ2n) is 6.69. The maximum Gasteiger partial charge on any atom is 0.250 e. The fourth-order valence-electron chi connectivity index (χ4n) is 3.50. The molecule has 1 aliphatic heterocycles. The van der Waals surface area contributed by atoms with Gasteiger partial charge >= 0.3 is 0 Å². The van der Waals surface area contributed by atoms with Crippen LogP contribution < -0.4 is 4.90 Å². The summed E-state index contributed by atoms with van der Waals surface area (Å²) in [5.41, 5.74) is 2.23. The zero-order valence-corrected chi connectivity index (χ0v) is 15.6. The van der Waals surface area contributed by atoms with Crippen LogP contribution >= 0.6 is 11.6 Å². The topological polar surface area (TPSA) is 71.0 Å². The summed E-state index contributed by atoms with van der Waals surface area (Å²) in [6.07, 6.45) is 5.99. The number of Topliss-reactive ketones (excluding diaryl/α,β-unsaturated/α-hetero) is 1. The van der Waals surface area contributed by atoms with Gasteiger partial charge < -0.3 is 14.5 Å². The molecule has 1 amide bonds. The van der Waals surface area contributed by atoms with Crippen molar-refractivity contribution in [3.05, 3.63) is 71.0 Å². The van der Waals surface area contributed by atoms with Crippen LogP contribution in [0.5, 0.6) is 0 Å². The first kappa shape index (κ1) is 17.5. The van der Waals surface area contributed by atoms with Crippen molar-refractivity contribution in [2.24, 2.45) is 0 Å². The Morgan fingerprint density at radius 1 is 1.41 bits per heavy atom. The molecule has 1 aromatic carbocycles. The summed E-state index contributed by atoms with van der Waals surface area (Å²) in [6, 6.07) is 8.71. The summed E-state index contributed by atoms with van der Waals surface area (Å²) < 4.78 is 1.77. The number of aromatic nitrogens is 3. The van der Waals surface area contributed by atoms with Crippen molar-refractivity contribution in [3.63, 3.8) is 0 Å². The van der Waals surface area contributed by atoms with Crippen molar-refractivity contribution >= 4 is 29.0 Å². The van der Waals surface area contributed by atoms with Gasteiger partial charge in [-0.1, -0.05) is 17.7 Å². The smallest absolute Gasteiger partial charge is 0.250 e. The molecule has 4 rings (SSSR count). The molecule has 0 saturated heterocycles. The molecule has 27 heavy (non-hydrogen) atoms. The number of halogens is 1. The van der Waals surface area contributed by atoms with Gasteiger partial charge in [0, 0.05) is 25.0 Å². The minimum atomic E-state index is -0.445. The summed E-state index contributed by atoms with van der Waals surface area (Å²) in [7, 11) is 0. The highest BCUT2D eigenvalue weighted by Crippen LogP contribution is 2.33. The predicted molar refractivity (Wildman–Crippen MR) is 103 cm³/mol. The third-order valence-electron chi connectivity index (χ3n) is 4.85. The Bertz CT molecular complexity index is 993. The Hall–Kier alpha value is -2.86. The van der Waals surface area contributed by atoms with E-state index in [1.54, 1.807) is 46.3 Å². The van der Waals surface area contributed by atoms with Crippen molar-refractivity contribution in [2.45, 2.75) is 32.4 Å². The number of aromatic amines is 1. The zero-order valence-electron chi connectivity index (χ0n) is 14.9. The highest BCUT2D eigenvalue weighted by Gasteiger charge is 2.34. The number of fused-ring (bicyclic) bond motifs is 1. The van der Waals surface area contributed by atoms with Gasteiger partial charge in [0.05, 0.1) is 22.9 Å². The zero-order chi connectivity index (χ0) is 19.0. The van der Waals surface area contributed by atoms with Crippen LogP contribution in [0.3, 0.4) is 0 Å². The lowest BCUT2D eigenvalue weighted by Crippen LogP contribution is -2.40. The van der Waals surface area contributed by atoms with E-state index in [1.165, 1.54) is 0 Å². The largest absolute Gasteiger partial charge is 0.347 e. The van der Waals surface area contributed by atoms with Crippen LogP contribution in [-0.4, -0.2) is 26.2 Å².